The van der Waals surface area contributed by atoms with Gasteiger partial charge in [0, 0.05) is 19.3 Å². The minimum atomic E-state index is -0.825. The first kappa shape index (κ1) is 41.1. The first-order chi connectivity index (χ1) is 20.8. The molecule has 0 radical (unpaired) electrons. The maximum Gasteiger partial charge on any atom is 0.303 e. The molecule has 0 amide bonds. The Morgan fingerprint density at radius 3 is 1.02 bits per heavy atom. The van der Waals surface area contributed by atoms with Gasteiger partial charge in [-0.25, -0.2) is 0 Å². The van der Waals surface area contributed by atoms with E-state index in [1.54, 1.807) is 0 Å². The van der Waals surface area contributed by atoms with Crippen LogP contribution in [0.4, 0.5) is 0 Å². The van der Waals surface area contributed by atoms with Crippen molar-refractivity contribution in [3.8, 4) is 0 Å². The summed E-state index contributed by atoms with van der Waals surface area (Å²) in [5.74, 6) is -2.47. The first-order valence-electron chi connectivity index (χ1n) is 18.0. The van der Waals surface area contributed by atoms with Crippen molar-refractivity contribution in [1.29, 1.82) is 0 Å². The van der Waals surface area contributed by atoms with Gasteiger partial charge in [0.15, 0.2) is 0 Å². The van der Waals surface area contributed by atoms with Crippen LogP contribution >= 0.6 is 0 Å². The van der Waals surface area contributed by atoms with E-state index < -0.39 is 17.9 Å². The smallest absolute Gasteiger partial charge is 0.303 e. The van der Waals surface area contributed by atoms with E-state index in [0.717, 1.165) is 19.4 Å². The summed E-state index contributed by atoms with van der Waals surface area (Å²) in [5, 5.41) is 27.3. The van der Waals surface area contributed by atoms with Crippen molar-refractivity contribution in [2.24, 2.45) is 0 Å². The van der Waals surface area contributed by atoms with Crippen LogP contribution in [-0.2, 0) is 14.4 Å². The zero-order valence-electron chi connectivity index (χ0n) is 27.9. The summed E-state index contributed by atoms with van der Waals surface area (Å²) in [7, 11) is 0. The zero-order valence-corrected chi connectivity index (χ0v) is 27.9. The highest BCUT2D eigenvalue weighted by atomic mass is 16.4. The van der Waals surface area contributed by atoms with Crippen LogP contribution in [0, 0.1) is 0 Å². The molecule has 0 aliphatic heterocycles. The molecule has 0 unspecified atom stereocenters. The molecule has 0 bridgehead atoms. The molecule has 43 heavy (non-hydrogen) atoms. The lowest BCUT2D eigenvalue weighted by Gasteiger charge is -2.39. The second kappa shape index (κ2) is 30.1. The molecule has 0 aromatic carbocycles. The highest BCUT2D eigenvalue weighted by Gasteiger charge is 2.27. The van der Waals surface area contributed by atoms with Gasteiger partial charge in [0.1, 0.15) is 0 Å². The number of quaternary nitrogens is 1. The normalized spacial score (nSPS) is 11.8. The Hall–Kier alpha value is -1.89. The third kappa shape index (κ3) is 29.9. The van der Waals surface area contributed by atoms with Crippen LogP contribution in [0.2, 0.25) is 0 Å². The molecule has 0 rings (SSSR count). The number of carboxylic acids is 3. The van der Waals surface area contributed by atoms with E-state index in [-0.39, 0.29) is 19.3 Å². The fraction of sp³-hybridized carbons (Fsp3) is 0.861. The topological polar surface area (TPSA) is 112 Å². The summed E-state index contributed by atoms with van der Waals surface area (Å²) in [6.45, 7) is 5.13. The highest BCUT2D eigenvalue weighted by molar-refractivity contribution is 5.67. The monoisotopic (exact) mass is 611 g/mol. The molecule has 0 spiro atoms. The first-order valence-corrected chi connectivity index (χ1v) is 18.0. The number of unbranched alkanes of at least 4 members (excludes halogenated alkanes) is 18. The number of allylic oxidation sites excluding steroid dienone is 2. The Labute approximate surface area is 264 Å². The van der Waals surface area contributed by atoms with Crippen molar-refractivity contribution >= 4 is 17.9 Å². The molecule has 0 aromatic rings. The second-order valence-electron chi connectivity index (χ2n) is 12.8. The average Bonchev–Trinajstić information content (AvgIpc) is 2.95. The number of hydrogen-bond acceptors (Lipinski definition) is 3. The van der Waals surface area contributed by atoms with E-state index in [9.17, 15) is 14.4 Å². The van der Waals surface area contributed by atoms with Crippen LogP contribution in [0.3, 0.4) is 0 Å². The summed E-state index contributed by atoms with van der Waals surface area (Å²) >= 11 is 0. The largest absolute Gasteiger partial charge is 0.481 e. The predicted molar refractivity (Wildman–Crippen MR) is 177 cm³/mol. The number of aliphatic carboxylic acids is 3. The molecule has 0 heterocycles. The van der Waals surface area contributed by atoms with Gasteiger partial charge in [-0.2, -0.15) is 0 Å². The lowest BCUT2D eigenvalue weighted by Crippen LogP contribution is -2.51. The summed E-state index contributed by atoms with van der Waals surface area (Å²) in [6, 6.07) is 0. The van der Waals surface area contributed by atoms with Crippen LogP contribution in [0.5, 0.6) is 0 Å². The van der Waals surface area contributed by atoms with Crippen molar-refractivity contribution < 1.29 is 34.2 Å². The minimum Gasteiger partial charge on any atom is -0.481 e. The third-order valence-corrected chi connectivity index (χ3v) is 8.71. The SMILES string of the molecule is CCCCCCCCCCCCC/C=C\CCCCCCCCC[N+](CCCC(=O)O)(CCCC(=O)O)CCCC(=O)O. The van der Waals surface area contributed by atoms with Gasteiger partial charge in [-0.3, -0.25) is 14.4 Å². The van der Waals surface area contributed by atoms with E-state index >= 15 is 0 Å². The number of carbonyl (C=O) groups is 3. The number of rotatable bonds is 34. The molecule has 0 fully saturated rings. The Morgan fingerprint density at radius 1 is 0.419 bits per heavy atom. The molecule has 0 atom stereocenters. The van der Waals surface area contributed by atoms with Gasteiger partial charge in [-0.15, -0.1) is 0 Å². The molecule has 3 N–H and O–H groups in total. The van der Waals surface area contributed by atoms with Crippen LogP contribution in [0.1, 0.15) is 174 Å². The Balaban J connectivity index is 4.03. The van der Waals surface area contributed by atoms with Gasteiger partial charge < -0.3 is 19.8 Å². The summed E-state index contributed by atoms with van der Waals surface area (Å²) in [4.78, 5) is 33.3. The van der Waals surface area contributed by atoms with Gasteiger partial charge in [0.05, 0.1) is 45.4 Å². The standard InChI is InChI=1S/C36H67NO6/c1-2-3-4-5-6-7-8-9-10-11-12-13-14-15-16-17-18-19-20-21-22-23-30-37(31-24-27-34(38)39,32-25-28-35(40)41)33-26-29-36(42)43/h14-15H,2-13,16-33H2,1H3,(H2-,38,39,40,41,42,43)/p+1/b15-14-. The number of nitrogens with zero attached hydrogens (tertiary/aromatic N) is 1. The minimum absolute atomic E-state index is 0.0897. The number of carboxylic acid groups (broad SMARTS) is 3. The molecular weight excluding hydrogens is 542 g/mol. The van der Waals surface area contributed by atoms with Crippen LogP contribution in [-0.4, -0.2) is 63.9 Å². The van der Waals surface area contributed by atoms with Crippen molar-refractivity contribution in [1.82, 2.24) is 0 Å². The van der Waals surface area contributed by atoms with Crippen molar-refractivity contribution in [2.45, 2.75) is 174 Å². The lowest BCUT2D eigenvalue weighted by molar-refractivity contribution is -0.929. The molecule has 0 aromatic heterocycles. The van der Waals surface area contributed by atoms with Crippen LogP contribution in [0.15, 0.2) is 12.2 Å². The van der Waals surface area contributed by atoms with E-state index in [2.05, 4.69) is 19.1 Å². The average molecular weight is 611 g/mol. The molecular formula is C36H68NO6+. The molecule has 7 heteroatoms. The maximum absolute atomic E-state index is 11.1. The molecule has 0 aliphatic rings. The van der Waals surface area contributed by atoms with Crippen molar-refractivity contribution in [2.75, 3.05) is 26.2 Å². The summed E-state index contributed by atoms with van der Waals surface area (Å²) in [5.41, 5.74) is 0. The maximum atomic E-state index is 11.1. The zero-order chi connectivity index (χ0) is 31.9. The van der Waals surface area contributed by atoms with E-state index in [1.165, 1.54) is 116 Å². The van der Waals surface area contributed by atoms with E-state index in [0.29, 0.717) is 43.4 Å². The highest BCUT2D eigenvalue weighted by Crippen LogP contribution is 2.19. The predicted octanol–water partition coefficient (Wildman–Crippen LogP) is 9.78. The molecule has 0 saturated carbocycles. The second-order valence-corrected chi connectivity index (χ2v) is 12.8. The third-order valence-electron chi connectivity index (χ3n) is 8.71. The van der Waals surface area contributed by atoms with Gasteiger partial charge >= 0.3 is 17.9 Å². The van der Waals surface area contributed by atoms with E-state index in [1.807, 2.05) is 0 Å². The van der Waals surface area contributed by atoms with Gasteiger partial charge in [-0.1, -0.05) is 109 Å². The molecule has 0 saturated heterocycles. The lowest BCUT2D eigenvalue weighted by atomic mass is 10.0. The van der Waals surface area contributed by atoms with Gasteiger partial charge in [-0.05, 0) is 38.5 Å². The quantitative estimate of drug-likeness (QED) is 0.0380. The Morgan fingerprint density at radius 2 is 0.698 bits per heavy atom. The van der Waals surface area contributed by atoms with Crippen LogP contribution < -0.4 is 0 Å². The van der Waals surface area contributed by atoms with E-state index in [4.69, 9.17) is 15.3 Å². The fourth-order valence-corrected chi connectivity index (χ4v) is 6.12. The molecule has 0 aliphatic carbocycles. The van der Waals surface area contributed by atoms with Gasteiger partial charge in [0.2, 0.25) is 0 Å². The Kier molecular flexibility index (Phi) is 28.8. The van der Waals surface area contributed by atoms with Gasteiger partial charge in [0.25, 0.3) is 0 Å². The summed E-state index contributed by atoms with van der Waals surface area (Å²) in [6.07, 6.45) is 32.6. The van der Waals surface area contributed by atoms with Crippen molar-refractivity contribution in [3.63, 3.8) is 0 Å². The van der Waals surface area contributed by atoms with Crippen molar-refractivity contribution in [3.05, 3.63) is 12.2 Å². The van der Waals surface area contributed by atoms with Crippen LogP contribution in [0.25, 0.3) is 0 Å². The summed E-state index contributed by atoms with van der Waals surface area (Å²) < 4.78 is 0.638. The molecule has 252 valence electrons. The fourth-order valence-electron chi connectivity index (χ4n) is 6.12. The molecule has 7 nitrogen and oxygen atoms in total. The number of hydrogen-bond donors (Lipinski definition) is 3. The Bertz CT molecular complexity index is 658.